The molecule has 25 heavy (non-hydrogen) atoms. The summed E-state index contributed by atoms with van der Waals surface area (Å²) in [6, 6.07) is 16.2. The number of halogens is 1. The van der Waals surface area contributed by atoms with Crippen molar-refractivity contribution in [3.8, 4) is 5.75 Å². The number of para-hydroxylation sites is 1. The van der Waals surface area contributed by atoms with Gasteiger partial charge in [-0.25, -0.2) is 4.79 Å². The molecule has 0 aliphatic carbocycles. The number of hydrogen-bond acceptors (Lipinski definition) is 3. The molecule has 5 nitrogen and oxygen atoms in total. The SMILES string of the molecule is O=C(Cc1ccc(Cl)cc1)N1CCN(C(=O)Oc2ccccc2)CC1. The van der Waals surface area contributed by atoms with E-state index in [1.807, 2.05) is 30.3 Å². The van der Waals surface area contributed by atoms with Gasteiger partial charge in [-0.15, -0.1) is 0 Å². The molecule has 0 aromatic heterocycles. The van der Waals surface area contributed by atoms with Crippen molar-refractivity contribution in [1.82, 2.24) is 9.80 Å². The topological polar surface area (TPSA) is 49.9 Å². The molecule has 1 fully saturated rings. The van der Waals surface area contributed by atoms with E-state index in [-0.39, 0.29) is 12.0 Å². The van der Waals surface area contributed by atoms with E-state index in [9.17, 15) is 9.59 Å². The molecule has 0 bridgehead atoms. The zero-order chi connectivity index (χ0) is 17.6. The Morgan fingerprint density at radius 2 is 1.48 bits per heavy atom. The average molecular weight is 359 g/mol. The van der Waals surface area contributed by atoms with Gasteiger partial charge >= 0.3 is 6.09 Å². The molecule has 6 heteroatoms. The number of hydrogen-bond donors (Lipinski definition) is 0. The van der Waals surface area contributed by atoms with E-state index in [2.05, 4.69) is 0 Å². The van der Waals surface area contributed by atoms with E-state index in [4.69, 9.17) is 16.3 Å². The number of carbonyl (C=O) groups excluding carboxylic acids is 2. The zero-order valence-corrected chi connectivity index (χ0v) is 14.5. The van der Waals surface area contributed by atoms with Crippen molar-refractivity contribution in [2.24, 2.45) is 0 Å². The molecule has 0 spiro atoms. The van der Waals surface area contributed by atoms with E-state index < -0.39 is 0 Å². The van der Waals surface area contributed by atoms with Crippen LogP contribution in [0.25, 0.3) is 0 Å². The van der Waals surface area contributed by atoms with Gasteiger partial charge in [-0.3, -0.25) is 4.79 Å². The van der Waals surface area contributed by atoms with Gasteiger partial charge in [-0.2, -0.15) is 0 Å². The Balaban J connectivity index is 1.48. The van der Waals surface area contributed by atoms with Crippen LogP contribution in [0.1, 0.15) is 5.56 Å². The number of rotatable bonds is 3. The van der Waals surface area contributed by atoms with Gasteiger partial charge in [0, 0.05) is 31.2 Å². The summed E-state index contributed by atoms with van der Waals surface area (Å²) in [7, 11) is 0. The van der Waals surface area contributed by atoms with E-state index in [1.165, 1.54) is 0 Å². The standard InChI is InChI=1S/C19H19ClN2O3/c20-16-8-6-15(7-9-16)14-18(23)21-10-12-22(13-11-21)19(24)25-17-4-2-1-3-5-17/h1-9H,10-14H2. The first-order chi connectivity index (χ1) is 12.1. The molecule has 0 radical (unpaired) electrons. The van der Waals surface area contributed by atoms with Crippen molar-refractivity contribution in [2.75, 3.05) is 26.2 Å². The summed E-state index contributed by atoms with van der Waals surface area (Å²) in [6.07, 6.45) is -0.0398. The lowest BCUT2D eigenvalue weighted by molar-refractivity contribution is -0.132. The number of amides is 2. The lowest BCUT2D eigenvalue weighted by Gasteiger charge is -2.34. The van der Waals surface area contributed by atoms with Crippen LogP contribution in [0.4, 0.5) is 4.79 Å². The summed E-state index contributed by atoms with van der Waals surface area (Å²) in [5.74, 6) is 0.576. The van der Waals surface area contributed by atoms with Crippen molar-refractivity contribution >= 4 is 23.6 Å². The van der Waals surface area contributed by atoms with Crippen molar-refractivity contribution < 1.29 is 14.3 Å². The minimum atomic E-state index is -0.379. The highest BCUT2D eigenvalue weighted by molar-refractivity contribution is 6.30. The van der Waals surface area contributed by atoms with Crippen LogP contribution in [-0.4, -0.2) is 48.0 Å². The second-order valence-corrected chi connectivity index (χ2v) is 6.29. The second kappa shape index (κ2) is 8.03. The summed E-state index contributed by atoms with van der Waals surface area (Å²) < 4.78 is 5.33. The number of ether oxygens (including phenoxy) is 1. The molecule has 0 atom stereocenters. The minimum absolute atomic E-state index is 0.0541. The first kappa shape index (κ1) is 17.3. The van der Waals surface area contributed by atoms with Gasteiger partial charge in [-0.05, 0) is 29.8 Å². The maximum Gasteiger partial charge on any atom is 0.415 e. The number of benzene rings is 2. The Morgan fingerprint density at radius 1 is 0.880 bits per heavy atom. The quantitative estimate of drug-likeness (QED) is 0.846. The third-order valence-electron chi connectivity index (χ3n) is 4.11. The summed E-state index contributed by atoms with van der Waals surface area (Å²) in [4.78, 5) is 27.9. The fourth-order valence-electron chi connectivity index (χ4n) is 2.68. The molecule has 1 aliphatic rings. The lowest BCUT2D eigenvalue weighted by Crippen LogP contribution is -2.51. The highest BCUT2D eigenvalue weighted by Gasteiger charge is 2.25. The lowest BCUT2D eigenvalue weighted by atomic mass is 10.1. The van der Waals surface area contributed by atoms with Crippen molar-refractivity contribution in [1.29, 1.82) is 0 Å². The molecule has 0 unspecified atom stereocenters. The van der Waals surface area contributed by atoms with Crippen LogP contribution in [0.3, 0.4) is 0 Å². The van der Waals surface area contributed by atoms with E-state index in [0.29, 0.717) is 43.4 Å². The molecule has 2 aromatic carbocycles. The van der Waals surface area contributed by atoms with Crippen LogP contribution in [-0.2, 0) is 11.2 Å². The monoisotopic (exact) mass is 358 g/mol. The Labute approximate surface area is 151 Å². The van der Waals surface area contributed by atoms with Gasteiger partial charge in [0.05, 0.1) is 6.42 Å². The second-order valence-electron chi connectivity index (χ2n) is 5.85. The van der Waals surface area contributed by atoms with Gasteiger partial charge in [0.15, 0.2) is 0 Å². The smallest absolute Gasteiger partial charge is 0.410 e. The van der Waals surface area contributed by atoms with Crippen molar-refractivity contribution in [3.05, 3.63) is 65.2 Å². The van der Waals surface area contributed by atoms with Gasteiger partial charge in [-0.1, -0.05) is 41.9 Å². The molecule has 1 aliphatic heterocycles. The van der Waals surface area contributed by atoms with E-state index >= 15 is 0 Å². The Kier molecular flexibility index (Phi) is 5.56. The van der Waals surface area contributed by atoms with Gasteiger partial charge in [0.25, 0.3) is 0 Å². The Morgan fingerprint density at radius 3 is 2.12 bits per heavy atom. The zero-order valence-electron chi connectivity index (χ0n) is 13.7. The molecule has 2 amide bonds. The number of carbonyl (C=O) groups is 2. The number of piperazine rings is 1. The predicted molar refractivity (Wildman–Crippen MR) is 95.8 cm³/mol. The average Bonchev–Trinajstić information content (AvgIpc) is 2.64. The summed E-state index contributed by atoms with van der Waals surface area (Å²) in [6.45, 7) is 1.96. The van der Waals surface area contributed by atoms with Crippen LogP contribution in [0, 0.1) is 0 Å². The molecular formula is C19H19ClN2O3. The molecule has 2 aromatic rings. The molecule has 3 rings (SSSR count). The van der Waals surface area contributed by atoms with Crippen LogP contribution in [0.5, 0.6) is 5.75 Å². The molecule has 0 N–H and O–H groups in total. The van der Waals surface area contributed by atoms with Gasteiger partial charge in [0.2, 0.25) is 5.91 Å². The fourth-order valence-corrected chi connectivity index (χ4v) is 2.81. The summed E-state index contributed by atoms with van der Waals surface area (Å²) >= 11 is 5.86. The van der Waals surface area contributed by atoms with Crippen LogP contribution >= 0.6 is 11.6 Å². The highest BCUT2D eigenvalue weighted by Crippen LogP contribution is 2.14. The normalized spacial score (nSPS) is 14.3. The Bertz CT molecular complexity index is 726. The van der Waals surface area contributed by atoms with Crippen LogP contribution in [0.2, 0.25) is 5.02 Å². The molecule has 1 heterocycles. The predicted octanol–water partition coefficient (Wildman–Crippen LogP) is 3.23. The molecule has 1 saturated heterocycles. The Hall–Kier alpha value is -2.53. The third kappa shape index (κ3) is 4.73. The molecular weight excluding hydrogens is 340 g/mol. The van der Waals surface area contributed by atoms with Gasteiger partial charge < -0.3 is 14.5 Å². The highest BCUT2D eigenvalue weighted by atomic mass is 35.5. The van der Waals surface area contributed by atoms with Gasteiger partial charge in [0.1, 0.15) is 5.75 Å². The summed E-state index contributed by atoms with van der Waals surface area (Å²) in [5, 5.41) is 0.654. The van der Waals surface area contributed by atoms with Crippen molar-refractivity contribution in [3.63, 3.8) is 0 Å². The van der Waals surface area contributed by atoms with E-state index in [0.717, 1.165) is 5.56 Å². The minimum Gasteiger partial charge on any atom is -0.410 e. The third-order valence-corrected chi connectivity index (χ3v) is 4.36. The fraction of sp³-hybridized carbons (Fsp3) is 0.263. The maximum absolute atomic E-state index is 12.4. The first-order valence-electron chi connectivity index (χ1n) is 8.16. The summed E-state index contributed by atoms with van der Waals surface area (Å²) in [5.41, 5.74) is 0.931. The first-order valence-corrected chi connectivity index (χ1v) is 8.53. The largest absolute Gasteiger partial charge is 0.415 e. The van der Waals surface area contributed by atoms with Crippen molar-refractivity contribution in [2.45, 2.75) is 6.42 Å². The van der Waals surface area contributed by atoms with E-state index in [1.54, 1.807) is 34.1 Å². The molecule has 0 saturated carbocycles. The van der Waals surface area contributed by atoms with Crippen LogP contribution < -0.4 is 4.74 Å². The van der Waals surface area contributed by atoms with Crippen LogP contribution in [0.15, 0.2) is 54.6 Å². The molecule has 130 valence electrons. The maximum atomic E-state index is 12.4. The number of nitrogens with zero attached hydrogens (tertiary/aromatic N) is 2.